The summed E-state index contributed by atoms with van der Waals surface area (Å²) in [7, 11) is 1.71. The van der Waals surface area contributed by atoms with E-state index in [1.165, 1.54) is 0 Å². The molecule has 0 unspecified atom stereocenters. The van der Waals surface area contributed by atoms with Crippen LogP contribution in [0, 0.1) is 0 Å². The van der Waals surface area contributed by atoms with Gasteiger partial charge in [-0.3, -0.25) is 9.69 Å². The number of methoxy groups -OCH3 is 1. The first-order valence-corrected chi connectivity index (χ1v) is 9.99. The highest BCUT2D eigenvalue weighted by molar-refractivity contribution is 5.94. The minimum absolute atomic E-state index is 0.122. The van der Waals surface area contributed by atoms with Gasteiger partial charge < -0.3 is 15.0 Å². The van der Waals surface area contributed by atoms with E-state index in [1.807, 2.05) is 48.5 Å². The number of amides is 1. The van der Waals surface area contributed by atoms with E-state index in [9.17, 15) is 4.79 Å². The molecule has 1 aliphatic rings. The van der Waals surface area contributed by atoms with Crippen LogP contribution in [0.3, 0.4) is 0 Å². The summed E-state index contributed by atoms with van der Waals surface area (Å²) < 4.78 is 5.48. The Bertz CT molecular complexity index is 983. The number of carbonyl (C=O) groups is 1. The molecule has 1 N–H and O–H groups in total. The summed E-state index contributed by atoms with van der Waals surface area (Å²) in [4.78, 5) is 21.6. The van der Waals surface area contributed by atoms with Gasteiger partial charge in [0.15, 0.2) is 0 Å². The number of benzene rings is 2. The molecule has 150 valence electrons. The lowest BCUT2D eigenvalue weighted by molar-refractivity contribution is 0.0943. The Morgan fingerprint density at radius 3 is 2.59 bits per heavy atom. The van der Waals surface area contributed by atoms with E-state index < -0.39 is 0 Å². The van der Waals surface area contributed by atoms with Crippen molar-refractivity contribution in [2.45, 2.75) is 0 Å². The molecule has 1 amide bonds. The van der Waals surface area contributed by atoms with Crippen molar-refractivity contribution in [1.29, 1.82) is 0 Å². The maximum Gasteiger partial charge on any atom is 0.269 e. The maximum atomic E-state index is 12.4. The zero-order valence-corrected chi connectivity index (χ0v) is 16.7. The molecule has 1 aliphatic heterocycles. The lowest BCUT2D eigenvalue weighted by Crippen LogP contribution is -2.48. The average molecular weight is 390 g/mol. The highest BCUT2D eigenvalue weighted by Gasteiger charge is 2.19. The van der Waals surface area contributed by atoms with Crippen LogP contribution in [0.2, 0.25) is 0 Å². The van der Waals surface area contributed by atoms with Gasteiger partial charge in [-0.25, -0.2) is 4.98 Å². The number of rotatable bonds is 6. The van der Waals surface area contributed by atoms with E-state index in [4.69, 9.17) is 4.74 Å². The van der Waals surface area contributed by atoms with Crippen LogP contribution in [0.4, 0.5) is 5.69 Å². The molecule has 6 heteroatoms. The van der Waals surface area contributed by atoms with Crippen molar-refractivity contribution >= 4 is 22.5 Å². The number of pyridine rings is 1. The lowest BCUT2D eigenvalue weighted by atomic mass is 10.2. The van der Waals surface area contributed by atoms with Crippen LogP contribution in [0.5, 0.6) is 5.75 Å². The summed E-state index contributed by atoms with van der Waals surface area (Å²) in [5.74, 6) is 0.791. The topological polar surface area (TPSA) is 57.7 Å². The molecule has 2 aromatic carbocycles. The fourth-order valence-electron chi connectivity index (χ4n) is 3.71. The lowest BCUT2D eigenvalue weighted by Gasteiger charge is -2.36. The smallest absolute Gasteiger partial charge is 0.269 e. The van der Waals surface area contributed by atoms with Gasteiger partial charge in [0.05, 0.1) is 18.3 Å². The molecule has 0 radical (unpaired) electrons. The first kappa shape index (κ1) is 19.2. The number of fused-ring (bicyclic) bond motifs is 1. The first-order valence-electron chi connectivity index (χ1n) is 9.99. The quantitative estimate of drug-likeness (QED) is 0.701. The Hall–Kier alpha value is -3.12. The van der Waals surface area contributed by atoms with Gasteiger partial charge in [-0.2, -0.15) is 0 Å². The van der Waals surface area contributed by atoms with Crippen LogP contribution >= 0.6 is 0 Å². The predicted octanol–water partition coefficient (Wildman–Crippen LogP) is 2.80. The number of nitrogens with one attached hydrogen (secondary N) is 1. The van der Waals surface area contributed by atoms with E-state index in [1.54, 1.807) is 13.2 Å². The zero-order valence-electron chi connectivity index (χ0n) is 16.7. The van der Waals surface area contributed by atoms with Crippen LogP contribution in [0.1, 0.15) is 10.5 Å². The van der Waals surface area contributed by atoms with Gasteiger partial charge in [-0.05, 0) is 24.3 Å². The van der Waals surface area contributed by atoms with Crippen molar-refractivity contribution < 1.29 is 9.53 Å². The highest BCUT2D eigenvalue weighted by Crippen LogP contribution is 2.28. The second-order valence-electron chi connectivity index (χ2n) is 7.15. The number of piperazine rings is 1. The fourth-order valence-corrected chi connectivity index (χ4v) is 3.71. The van der Waals surface area contributed by atoms with E-state index >= 15 is 0 Å². The third-order valence-corrected chi connectivity index (χ3v) is 5.34. The summed E-state index contributed by atoms with van der Waals surface area (Å²) in [6.07, 6.45) is 0. The molecule has 1 aromatic heterocycles. The summed E-state index contributed by atoms with van der Waals surface area (Å²) in [5, 5.41) is 4.03. The maximum absolute atomic E-state index is 12.4. The Balaban J connectivity index is 1.25. The van der Waals surface area contributed by atoms with Crippen LogP contribution < -0.4 is 15.0 Å². The fraction of sp³-hybridized carbons (Fsp3) is 0.304. The van der Waals surface area contributed by atoms with Crippen molar-refractivity contribution in [2.24, 2.45) is 0 Å². The summed E-state index contributed by atoms with van der Waals surface area (Å²) in [6, 6.07) is 19.7. The molecular formula is C23H26N4O2. The Kier molecular flexibility index (Phi) is 5.91. The molecule has 29 heavy (non-hydrogen) atoms. The van der Waals surface area contributed by atoms with Crippen LogP contribution in [-0.2, 0) is 0 Å². The molecule has 1 saturated heterocycles. The van der Waals surface area contributed by atoms with Gasteiger partial charge in [0, 0.05) is 44.7 Å². The number of hydrogen-bond donors (Lipinski definition) is 1. The third-order valence-electron chi connectivity index (χ3n) is 5.34. The van der Waals surface area contributed by atoms with Gasteiger partial charge in [0.2, 0.25) is 0 Å². The molecule has 3 aromatic rings. The zero-order chi connectivity index (χ0) is 20.1. The monoisotopic (exact) mass is 390 g/mol. The first-order chi connectivity index (χ1) is 14.2. The van der Waals surface area contributed by atoms with Crippen molar-refractivity contribution in [1.82, 2.24) is 15.2 Å². The van der Waals surface area contributed by atoms with Gasteiger partial charge in [-0.15, -0.1) is 0 Å². The summed E-state index contributed by atoms with van der Waals surface area (Å²) in [5.41, 5.74) is 2.45. The summed E-state index contributed by atoms with van der Waals surface area (Å²) >= 11 is 0. The van der Waals surface area contributed by atoms with E-state index in [0.717, 1.165) is 55.1 Å². The summed E-state index contributed by atoms with van der Waals surface area (Å²) in [6.45, 7) is 5.26. The second kappa shape index (κ2) is 8.92. The van der Waals surface area contributed by atoms with E-state index in [2.05, 4.69) is 26.2 Å². The molecule has 0 bridgehead atoms. The minimum atomic E-state index is -0.122. The van der Waals surface area contributed by atoms with Gasteiger partial charge in [0.1, 0.15) is 11.4 Å². The molecular weight excluding hydrogens is 364 g/mol. The molecule has 1 fully saturated rings. The van der Waals surface area contributed by atoms with Crippen molar-refractivity contribution in [2.75, 3.05) is 51.3 Å². The van der Waals surface area contributed by atoms with Crippen molar-refractivity contribution in [3.8, 4) is 5.75 Å². The Morgan fingerprint density at radius 1 is 1.00 bits per heavy atom. The van der Waals surface area contributed by atoms with Crippen LogP contribution in [0.25, 0.3) is 10.9 Å². The molecule has 4 rings (SSSR count). The largest absolute Gasteiger partial charge is 0.495 e. The van der Waals surface area contributed by atoms with Gasteiger partial charge in [0.25, 0.3) is 5.91 Å². The van der Waals surface area contributed by atoms with Crippen LogP contribution in [-0.4, -0.2) is 62.2 Å². The molecule has 6 nitrogen and oxygen atoms in total. The normalized spacial score (nSPS) is 14.7. The molecule has 0 aliphatic carbocycles. The second-order valence-corrected chi connectivity index (χ2v) is 7.15. The molecule has 2 heterocycles. The van der Waals surface area contributed by atoms with Gasteiger partial charge >= 0.3 is 0 Å². The Labute approximate surface area is 171 Å². The highest BCUT2D eigenvalue weighted by atomic mass is 16.5. The number of hydrogen-bond acceptors (Lipinski definition) is 5. The molecule has 0 saturated carbocycles. The minimum Gasteiger partial charge on any atom is -0.495 e. The number of aromatic nitrogens is 1. The van der Waals surface area contributed by atoms with Crippen LogP contribution in [0.15, 0.2) is 60.7 Å². The average Bonchev–Trinajstić information content (AvgIpc) is 2.79. The molecule has 0 spiro atoms. The predicted molar refractivity (Wildman–Crippen MR) is 116 cm³/mol. The standard InChI is InChI=1S/C23H26N4O2/c1-29-22-9-5-4-8-21(22)27-16-14-26(15-17-27)13-12-24-23(28)20-11-10-18-6-2-3-7-19(18)25-20/h2-11H,12-17H2,1H3,(H,24,28). The van der Waals surface area contributed by atoms with Crippen molar-refractivity contribution in [3.63, 3.8) is 0 Å². The number of anilines is 1. The SMILES string of the molecule is COc1ccccc1N1CCN(CCNC(=O)c2ccc3ccccc3n2)CC1. The van der Waals surface area contributed by atoms with Gasteiger partial charge in [-0.1, -0.05) is 36.4 Å². The third kappa shape index (κ3) is 4.49. The number of para-hydroxylation sites is 3. The number of nitrogens with zero attached hydrogens (tertiary/aromatic N) is 3. The van der Waals surface area contributed by atoms with E-state index in [0.29, 0.717) is 12.2 Å². The number of carbonyl (C=O) groups excluding carboxylic acids is 1. The molecule has 0 atom stereocenters. The van der Waals surface area contributed by atoms with Crippen molar-refractivity contribution in [3.05, 3.63) is 66.4 Å². The Morgan fingerprint density at radius 2 is 1.76 bits per heavy atom. The number of ether oxygens (including phenoxy) is 1. The van der Waals surface area contributed by atoms with E-state index in [-0.39, 0.29) is 5.91 Å².